The largest absolute Gasteiger partial charge is 0.391 e. The van der Waals surface area contributed by atoms with E-state index in [1.54, 1.807) is 11.3 Å². The van der Waals surface area contributed by atoms with Crippen molar-refractivity contribution in [2.45, 2.75) is 45.1 Å². The van der Waals surface area contributed by atoms with Crippen LogP contribution in [0.1, 0.15) is 49.1 Å². The van der Waals surface area contributed by atoms with Gasteiger partial charge in [-0.05, 0) is 31.4 Å². The highest BCUT2D eigenvalue weighted by molar-refractivity contribution is 7.15. The van der Waals surface area contributed by atoms with Crippen molar-refractivity contribution >= 4 is 22.2 Å². The van der Waals surface area contributed by atoms with Gasteiger partial charge in [0.15, 0.2) is 5.13 Å². The van der Waals surface area contributed by atoms with E-state index in [2.05, 4.69) is 36.1 Å². The summed E-state index contributed by atoms with van der Waals surface area (Å²) in [7, 11) is 0. The van der Waals surface area contributed by atoms with Crippen molar-refractivity contribution in [3.05, 3.63) is 40.9 Å². The van der Waals surface area contributed by atoms with Crippen molar-refractivity contribution in [1.82, 2.24) is 4.98 Å². The molecule has 1 aliphatic rings. The second kappa shape index (κ2) is 6.58. The third-order valence-corrected chi connectivity index (χ3v) is 4.94. The van der Waals surface area contributed by atoms with Crippen LogP contribution in [0.2, 0.25) is 0 Å². The van der Waals surface area contributed by atoms with E-state index in [9.17, 15) is 5.11 Å². The molecule has 0 radical (unpaired) electrons. The third kappa shape index (κ3) is 3.27. The highest BCUT2D eigenvalue weighted by Crippen LogP contribution is 2.45. The van der Waals surface area contributed by atoms with Crippen molar-refractivity contribution in [2.75, 3.05) is 11.4 Å². The number of thiazole rings is 1. The summed E-state index contributed by atoms with van der Waals surface area (Å²) in [5, 5.41) is 10.6. The minimum atomic E-state index is 0.111. The summed E-state index contributed by atoms with van der Waals surface area (Å²) in [5.74, 6) is 0.584. The molecule has 0 saturated heterocycles. The normalized spacial score (nSPS) is 14.4. The quantitative estimate of drug-likeness (QED) is 0.821. The molecule has 1 heterocycles. The molecule has 0 aliphatic heterocycles. The van der Waals surface area contributed by atoms with E-state index in [1.807, 2.05) is 6.07 Å². The number of unbranched alkanes of at least 4 members (excludes halogenated alkanes) is 1. The molecule has 1 aliphatic carbocycles. The smallest absolute Gasteiger partial charge is 0.190 e. The van der Waals surface area contributed by atoms with Crippen LogP contribution in [-0.4, -0.2) is 16.6 Å². The van der Waals surface area contributed by atoms with Crippen LogP contribution in [0.3, 0.4) is 0 Å². The van der Waals surface area contributed by atoms with E-state index < -0.39 is 0 Å². The number of hydrogen-bond donors (Lipinski definition) is 1. The van der Waals surface area contributed by atoms with Crippen LogP contribution in [0.5, 0.6) is 0 Å². The van der Waals surface area contributed by atoms with Gasteiger partial charge in [0.05, 0.1) is 17.2 Å². The highest BCUT2D eigenvalue weighted by Gasteiger charge is 2.30. The van der Waals surface area contributed by atoms with E-state index in [1.165, 1.54) is 18.5 Å². The molecular weight excluding hydrogens is 280 g/mol. The Bertz CT molecular complexity index is 578. The van der Waals surface area contributed by atoms with Gasteiger partial charge in [-0.25, -0.2) is 4.98 Å². The van der Waals surface area contributed by atoms with Gasteiger partial charge < -0.3 is 10.0 Å². The van der Waals surface area contributed by atoms with Gasteiger partial charge in [0.2, 0.25) is 0 Å². The van der Waals surface area contributed by atoms with Crippen LogP contribution in [0, 0.1) is 0 Å². The number of nitrogens with zero attached hydrogens (tertiary/aromatic N) is 2. The molecule has 0 spiro atoms. The van der Waals surface area contributed by atoms with Crippen LogP contribution in [-0.2, 0) is 6.61 Å². The van der Waals surface area contributed by atoms with Gasteiger partial charge in [-0.3, -0.25) is 0 Å². The Labute approximate surface area is 130 Å². The Hall–Kier alpha value is -1.39. The molecule has 21 heavy (non-hydrogen) atoms. The first-order chi connectivity index (χ1) is 10.3. The van der Waals surface area contributed by atoms with E-state index in [4.69, 9.17) is 4.98 Å². The van der Waals surface area contributed by atoms with Gasteiger partial charge in [0.25, 0.3) is 0 Å². The van der Waals surface area contributed by atoms with Crippen LogP contribution >= 0.6 is 11.3 Å². The van der Waals surface area contributed by atoms with E-state index in [0.717, 1.165) is 35.1 Å². The molecule has 2 aromatic rings. The molecule has 0 atom stereocenters. The van der Waals surface area contributed by atoms with E-state index in [-0.39, 0.29) is 6.61 Å². The molecule has 3 rings (SSSR count). The maximum Gasteiger partial charge on any atom is 0.190 e. The van der Waals surface area contributed by atoms with Crippen molar-refractivity contribution in [2.24, 2.45) is 0 Å². The number of hydrogen-bond acceptors (Lipinski definition) is 4. The van der Waals surface area contributed by atoms with Crippen LogP contribution in [0.15, 0.2) is 30.3 Å². The zero-order valence-corrected chi connectivity index (χ0v) is 13.3. The van der Waals surface area contributed by atoms with Gasteiger partial charge in [-0.1, -0.05) is 42.9 Å². The minimum Gasteiger partial charge on any atom is -0.391 e. The van der Waals surface area contributed by atoms with Crippen LogP contribution in [0.25, 0.3) is 0 Å². The topological polar surface area (TPSA) is 36.4 Å². The van der Waals surface area contributed by atoms with E-state index in [0.29, 0.717) is 5.92 Å². The number of aliphatic hydroxyl groups is 1. The molecule has 0 bridgehead atoms. The predicted molar refractivity (Wildman–Crippen MR) is 88.4 cm³/mol. The SMILES string of the molecule is CCCCN(c1ccccc1)c1nc(C2CC2)c(CO)s1. The maximum absolute atomic E-state index is 9.59. The van der Waals surface area contributed by atoms with Crippen molar-refractivity contribution in [1.29, 1.82) is 0 Å². The van der Waals surface area contributed by atoms with Gasteiger partial charge in [-0.2, -0.15) is 0 Å². The number of aliphatic hydroxyl groups excluding tert-OH is 1. The van der Waals surface area contributed by atoms with Gasteiger partial charge in [0.1, 0.15) is 0 Å². The zero-order valence-electron chi connectivity index (χ0n) is 12.5. The molecule has 0 unspecified atom stereocenters. The second-order valence-corrected chi connectivity index (χ2v) is 6.64. The lowest BCUT2D eigenvalue weighted by Gasteiger charge is -2.21. The average Bonchev–Trinajstić information content (AvgIpc) is 3.29. The first-order valence-corrected chi connectivity index (χ1v) is 8.58. The van der Waals surface area contributed by atoms with Crippen molar-refractivity contribution in [3.63, 3.8) is 0 Å². The number of anilines is 2. The monoisotopic (exact) mass is 302 g/mol. The third-order valence-electron chi connectivity index (χ3n) is 3.86. The summed E-state index contributed by atoms with van der Waals surface area (Å²) in [6.07, 6.45) is 4.74. The number of benzene rings is 1. The summed E-state index contributed by atoms with van der Waals surface area (Å²) in [5.41, 5.74) is 2.32. The van der Waals surface area contributed by atoms with Crippen molar-refractivity contribution < 1.29 is 5.11 Å². The lowest BCUT2D eigenvalue weighted by Crippen LogP contribution is -2.18. The summed E-state index contributed by atoms with van der Waals surface area (Å²) >= 11 is 1.65. The molecule has 0 amide bonds. The summed E-state index contributed by atoms with van der Waals surface area (Å²) in [4.78, 5) is 8.19. The van der Waals surface area contributed by atoms with E-state index >= 15 is 0 Å². The molecule has 4 heteroatoms. The fourth-order valence-electron chi connectivity index (χ4n) is 2.51. The Morgan fingerprint density at radius 1 is 1.29 bits per heavy atom. The Kier molecular flexibility index (Phi) is 4.56. The number of aromatic nitrogens is 1. The Balaban J connectivity index is 1.92. The fourth-order valence-corrected chi connectivity index (χ4v) is 3.57. The summed E-state index contributed by atoms with van der Waals surface area (Å²) in [6, 6.07) is 10.4. The highest BCUT2D eigenvalue weighted by atomic mass is 32.1. The Morgan fingerprint density at radius 3 is 2.67 bits per heavy atom. The minimum absolute atomic E-state index is 0.111. The lowest BCUT2D eigenvalue weighted by molar-refractivity contribution is 0.284. The molecule has 1 saturated carbocycles. The second-order valence-electron chi connectivity index (χ2n) is 5.58. The first kappa shape index (κ1) is 14.5. The standard InChI is InChI=1S/C17H22N2OS/c1-2-3-11-19(14-7-5-4-6-8-14)17-18-16(13-9-10-13)15(12-20)21-17/h4-8,13,20H,2-3,9-12H2,1H3. The molecule has 1 fully saturated rings. The van der Waals surface area contributed by atoms with Gasteiger partial charge in [0, 0.05) is 18.2 Å². The predicted octanol–water partition coefficient (Wildman–Crippen LogP) is 4.45. The average molecular weight is 302 g/mol. The molecule has 3 nitrogen and oxygen atoms in total. The fraction of sp³-hybridized carbons (Fsp3) is 0.471. The van der Waals surface area contributed by atoms with Crippen LogP contribution in [0.4, 0.5) is 10.8 Å². The molecular formula is C17H22N2OS. The molecule has 1 aromatic heterocycles. The van der Waals surface area contributed by atoms with Crippen LogP contribution < -0.4 is 4.90 Å². The molecule has 1 N–H and O–H groups in total. The zero-order chi connectivity index (χ0) is 14.7. The Morgan fingerprint density at radius 2 is 2.05 bits per heavy atom. The van der Waals surface area contributed by atoms with Gasteiger partial charge in [-0.15, -0.1) is 0 Å². The van der Waals surface area contributed by atoms with Crippen molar-refractivity contribution in [3.8, 4) is 0 Å². The maximum atomic E-state index is 9.59. The number of rotatable bonds is 7. The molecule has 1 aromatic carbocycles. The number of para-hydroxylation sites is 1. The van der Waals surface area contributed by atoms with Gasteiger partial charge >= 0.3 is 0 Å². The summed E-state index contributed by atoms with van der Waals surface area (Å²) < 4.78 is 0. The molecule has 112 valence electrons. The summed E-state index contributed by atoms with van der Waals surface area (Å²) in [6.45, 7) is 3.29. The lowest BCUT2D eigenvalue weighted by atomic mass is 10.2. The first-order valence-electron chi connectivity index (χ1n) is 7.76.